The molecule has 0 aromatic heterocycles. The van der Waals surface area contributed by atoms with Crippen LogP contribution in [0.2, 0.25) is 0 Å². The third-order valence-corrected chi connectivity index (χ3v) is 3.98. The molecule has 0 heterocycles. The molecule has 0 bridgehead atoms. The van der Waals surface area contributed by atoms with Gasteiger partial charge >= 0.3 is 0 Å². The Balaban J connectivity index is 1.84. The highest BCUT2D eigenvalue weighted by Crippen LogP contribution is 2.27. The summed E-state index contributed by atoms with van der Waals surface area (Å²) in [5.74, 6) is 0.906. The van der Waals surface area contributed by atoms with Crippen LogP contribution in [0.25, 0.3) is 0 Å². The maximum absolute atomic E-state index is 3.68. The monoisotopic (exact) mass is 217 g/mol. The average Bonchev–Trinajstić information content (AvgIpc) is 2.81. The lowest BCUT2D eigenvalue weighted by Crippen LogP contribution is -2.31. The summed E-state index contributed by atoms with van der Waals surface area (Å²) in [4.78, 5) is 0. The minimum Gasteiger partial charge on any atom is -0.310 e. The van der Waals surface area contributed by atoms with E-state index in [9.17, 15) is 0 Å². The Labute approximate surface area is 99.3 Å². The summed E-state index contributed by atoms with van der Waals surface area (Å²) in [7, 11) is 0. The van der Waals surface area contributed by atoms with E-state index in [4.69, 9.17) is 0 Å². The van der Waals surface area contributed by atoms with Crippen molar-refractivity contribution in [2.75, 3.05) is 0 Å². The zero-order chi connectivity index (χ0) is 11.4. The standard InChI is InChI=1S/C15H23N/c1-12-7-3-4-10-15(12)11-16-13(2)14-8-5-6-9-14/h3-4,7,10,13-14,16H,5-6,8-9,11H2,1-2H3/t13-/m1/s1. The first-order valence-corrected chi connectivity index (χ1v) is 6.55. The Bertz CT molecular complexity index is 326. The van der Waals surface area contributed by atoms with Gasteiger partial charge in [-0.15, -0.1) is 0 Å². The van der Waals surface area contributed by atoms with Crippen molar-refractivity contribution >= 4 is 0 Å². The van der Waals surface area contributed by atoms with Crippen LogP contribution >= 0.6 is 0 Å². The highest BCUT2D eigenvalue weighted by molar-refractivity contribution is 5.25. The average molecular weight is 217 g/mol. The SMILES string of the molecule is Cc1ccccc1CN[C@H](C)C1CCCC1. The van der Waals surface area contributed by atoms with E-state index < -0.39 is 0 Å². The molecule has 1 aromatic carbocycles. The van der Waals surface area contributed by atoms with Crippen LogP contribution in [0.5, 0.6) is 0 Å². The first kappa shape index (κ1) is 11.7. The number of rotatable bonds is 4. The molecule has 16 heavy (non-hydrogen) atoms. The normalized spacial score (nSPS) is 18.9. The predicted molar refractivity (Wildman–Crippen MR) is 69.4 cm³/mol. The van der Waals surface area contributed by atoms with Gasteiger partial charge in [0.1, 0.15) is 0 Å². The van der Waals surface area contributed by atoms with Crippen molar-refractivity contribution in [1.82, 2.24) is 5.32 Å². The van der Waals surface area contributed by atoms with Crippen LogP contribution in [0.4, 0.5) is 0 Å². The summed E-state index contributed by atoms with van der Waals surface area (Å²) >= 11 is 0. The van der Waals surface area contributed by atoms with Gasteiger partial charge in [0.15, 0.2) is 0 Å². The van der Waals surface area contributed by atoms with Crippen LogP contribution < -0.4 is 5.32 Å². The second kappa shape index (κ2) is 5.49. The van der Waals surface area contributed by atoms with Crippen molar-refractivity contribution < 1.29 is 0 Å². The molecule has 88 valence electrons. The molecular formula is C15H23N. The first-order valence-electron chi connectivity index (χ1n) is 6.55. The third kappa shape index (κ3) is 2.85. The zero-order valence-electron chi connectivity index (χ0n) is 10.5. The van der Waals surface area contributed by atoms with E-state index in [1.165, 1.54) is 36.8 Å². The molecular weight excluding hydrogens is 194 g/mol. The quantitative estimate of drug-likeness (QED) is 0.811. The zero-order valence-corrected chi connectivity index (χ0v) is 10.5. The molecule has 0 radical (unpaired) electrons. The van der Waals surface area contributed by atoms with E-state index in [-0.39, 0.29) is 0 Å². The van der Waals surface area contributed by atoms with E-state index in [1.54, 1.807) is 0 Å². The van der Waals surface area contributed by atoms with Gasteiger partial charge in [0.25, 0.3) is 0 Å². The minimum atomic E-state index is 0.669. The van der Waals surface area contributed by atoms with Crippen LogP contribution in [-0.4, -0.2) is 6.04 Å². The van der Waals surface area contributed by atoms with Gasteiger partial charge in [-0.05, 0) is 43.7 Å². The van der Waals surface area contributed by atoms with Crippen molar-refractivity contribution in [2.24, 2.45) is 5.92 Å². The Morgan fingerprint density at radius 1 is 1.25 bits per heavy atom. The molecule has 1 fully saturated rings. The van der Waals surface area contributed by atoms with Crippen LogP contribution in [-0.2, 0) is 6.54 Å². The first-order chi connectivity index (χ1) is 7.77. The Morgan fingerprint density at radius 2 is 1.94 bits per heavy atom. The van der Waals surface area contributed by atoms with Gasteiger partial charge in [0.05, 0.1) is 0 Å². The molecule has 2 rings (SSSR count). The van der Waals surface area contributed by atoms with E-state index in [0.29, 0.717) is 6.04 Å². The number of aryl methyl sites for hydroxylation is 1. The molecule has 1 atom stereocenters. The molecule has 1 N–H and O–H groups in total. The third-order valence-electron chi connectivity index (χ3n) is 3.98. The number of benzene rings is 1. The number of hydrogen-bond acceptors (Lipinski definition) is 1. The van der Waals surface area contributed by atoms with Gasteiger partial charge in [-0.3, -0.25) is 0 Å². The highest BCUT2D eigenvalue weighted by atomic mass is 14.9. The molecule has 1 aliphatic carbocycles. The van der Waals surface area contributed by atoms with Crippen LogP contribution in [0.15, 0.2) is 24.3 Å². The summed E-state index contributed by atoms with van der Waals surface area (Å²) in [5, 5.41) is 3.68. The van der Waals surface area contributed by atoms with Gasteiger partial charge in [0.2, 0.25) is 0 Å². The van der Waals surface area contributed by atoms with Crippen molar-refractivity contribution in [3.63, 3.8) is 0 Å². The van der Waals surface area contributed by atoms with Gasteiger partial charge in [-0.2, -0.15) is 0 Å². The Morgan fingerprint density at radius 3 is 2.62 bits per heavy atom. The lowest BCUT2D eigenvalue weighted by atomic mass is 9.99. The fourth-order valence-corrected chi connectivity index (χ4v) is 2.70. The lowest BCUT2D eigenvalue weighted by molar-refractivity contribution is 0.380. The lowest BCUT2D eigenvalue weighted by Gasteiger charge is -2.20. The van der Waals surface area contributed by atoms with E-state index in [2.05, 4.69) is 43.4 Å². The second-order valence-corrected chi connectivity index (χ2v) is 5.14. The maximum atomic E-state index is 3.68. The summed E-state index contributed by atoms with van der Waals surface area (Å²) in [5.41, 5.74) is 2.83. The smallest absolute Gasteiger partial charge is 0.0210 e. The van der Waals surface area contributed by atoms with Gasteiger partial charge in [0, 0.05) is 12.6 Å². The molecule has 0 spiro atoms. The summed E-state index contributed by atoms with van der Waals surface area (Å²) in [6, 6.07) is 9.33. The van der Waals surface area contributed by atoms with E-state index >= 15 is 0 Å². The van der Waals surface area contributed by atoms with Crippen molar-refractivity contribution in [3.8, 4) is 0 Å². The molecule has 1 aliphatic rings. The minimum absolute atomic E-state index is 0.669. The fraction of sp³-hybridized carbons (Fsp3) is 0.600. The van der Waals surface area contributed by atoms with Gasteiger partial charge in [-0.1, -0.05) is 37.1 Å². The van der Waals surface area contributed by atoms with E-state index in [1.807, 2.05) is 0 Å². The number of nitrogens with one attached hydrogen (secondary N) is 1. The topological polar surface area (TPSA) is 12.0 Å². The summed E-state index contributed by atoms with van der Waals surface area (Å²) in [6.45, 7) is 5.55. The highest BCUT2D eigenvalue weighted by Gasteiger charge is 2.20. The van der Waals surface area contributed by atoms with Crippen molar-refractivity contribution in [3.05, 3.63) is 35.4 Å². The molecule has 1 heteroatoms. The van der Waals surface area contributed by atoms with Crippen molar-refractivity contribution in [1.29, 1.82) is 0 Å². The summed E-state index contributed by atoms with van der Waals surface area (Å²) in [6.07, 6.45) is 5.70. The summed E-state index contributed by atoms with van der Waals surface area (Å²) < 4.78 is 0. The molecule has 0 amide bonds. The maximum Gasteiger partial charge on any atom is 0.0210 e. The molecule has 0 aliphatic heterocycles. The van der Waals surface area contributed by atoms with E-state index in [0.717, 1.165) is 12.5 Å². The largest absolute Gasteiger partial charge is 0.310 e. The molecule has 0 saturated heterocycles. The Hall–Kier alpha value is -0.820. The fourth-order valence-electron chi connectivity index (χ4n) is 2.70. The number of hydrogen-bond donors (Lipinski definition) is 1. The second-order valence-electron chi connectivity index (χ2n) is 5.14. The van der Waals surface area contributed by atoms with Crippen LogP contribution in [0.1, 0.15) is 43.7 Å². The van der Waals surface area contributed by atoms with Crippen LogP contribution in [0.3, 0.4) is 0 Å². The van der Waals surface area contributed by atoms with Crippen molar-refractivity contribution in [2.45, 2.75) is 52.1 Å². The Kier molecular flexibility index (Phi) is 4.00. The molecule has 0 unspecified atom stereocenters. The molecule has 1 nitrogen and oxygen atoms in total. The molecule has 1 aromatic rings. The predicted octanol–water partition coefficient (Wildman–Crippen LogP) is 3.66. The van der Waals surface area contributed by atoms with Gasteiger partial charge in [-0.25, -0.2) is 0 Å². The molecule has 1 saturated carbocycles. The van der Waals surface area contributed by atoms with Crippen LogP contribution in [0, 0.1) is 12.8 Å². The van der Waals surface area contributed by atoms with Gasteiger partial charge < -0.3 is 5.32 Å².